The fourth-order valence-corrected chi connectivity index (χ4v) is 6.76. The van der Waals surface area contributed by atoms with E-state index in [2.05, 4.69) is 0 Å². The first kappa shape index (κ1) is 31.5. The maximum Gasteiger partial charge on any atom is 0.328 e. The van der Waals surface area contributed by atoms with Crippen molar-refractivity contribution in [1.82, 2.24) is 9.21 Å². The number of aliphatic carboxylic acids is 2. The van der Waals surface area contributed by atoms with Gasteiger partial charge in [0, 0.05) is 49.4 Å². The standard InChI is InChI=1S/C21H28F3N3O4S.C4H4O4/c22-17-11-19(24)18(23)9-13(17)10-20(25)14-7-15-1-2-16(8-14)27(15)21(28)12-32(29,30)26-3-5-31-6-4-26;5-3(6)1-2-4(7)8/h9,11,14-16,20H,1-8,10,12,25H2;1-2H,(H,5,6)(H,7,8)/b;2-1-/t14?,15-,16+,20-;/m1./s1. The number of carboxylic acid groups (broad SMARTS) is 2. The molecule has 0 saturated carbocycles. The van der Waals surface area contributed by atoms with Crippen LogP contribution in [0.2, 0.25) is 0 Å². The van der Waals surface area contributed by atoms with Crippen molar-refractivity contribution in [3.63, 3.8) is 0 Å². The number of carbonyl (C=O) groups is 3. The Morgan fingerprint density at radius 1 is 0.975 bits per heavy atom. The Labute approximate surface area is 229 Å². The quantitative estimate of drug-likeness (QED) is 0.296. The van der Waals surface area contributed by atoms with Gasteiger partial charge < -0.3 is 25.6 Å². The average Bonchev–Trinajstić information content (AvgIpc) is 3.16. The van der Waals surface area contributed by atoms with Crippen LogP contribution in [-0.2, 0) is 35.6 Å². The molecule has 1 amide bonds. The van der Waals surface area contributed by atoms with E-state index in [0.717, 1.165) is 18.9 Å². The second-order valence-corrected chi connectivity index (χ2v) is 11.9. The minimum atomic E-state index is -3.70. The zero-order valence-electron chi connectivity index (χ0n) is 21.5. The van der Waals surface area contributed by atoms with Crippen LogP contribution in [0.15, 0.2) is 24.3 Å². The first-order valence-corrected chi connectivity index (χ1v) is 14.3. The summed E-state index contributed by atoms with van der Waals surface area (Å²) in [7, 11) is -3.70. The lowest BCUT2D eigenvalue weighted by Crippen LogP contribution is -2.53. The number of hydrogen-bond donors (Lipinski definition) is 3. The van der Waals surface area contributed by atoms with E-state index in [1.807, 2.05) is 0 Å². The molecule has 0 aromatic heterocycles. The van der Waals surface area contributed by atoms with Crippen LogP contribution >= 0.6 is 0 Å². The number of benzene rings is 1. The number of amides is 1. The fraction of sp³-hybridized carbons (Fsp3) is 0.560. The van der Waals surface area contributed by atoms with Gasteiger partial charge in [0.15, 0.2) is 11.6 Å². The molecule has 0 radical (unpaired) electrons. The number of piperidine rings is 1. The summed E-state index contributed by atoms with van der Waals surface area (Å²) in [5.74, 6) is -6.69. The van der Waals surface area contributed by atoms with Crippen molar-refractivity contribution in [1.29, 1.82) is 0 Å². The molecule has 3 fully saturated rings. The van der Waals surface area contributed by atoms with Crippen molar-refractivity contribution in [2.24, 2.45) is 11.7 Å². The van der Waals surface area contributed by atoms with Crippen LogP contribution in [0.4, 0.5) is 13.2 Å². The van der Waals surface area contributed by atoms with Crippen LogP contribution in [0, 0.1) is 23.4 Å². The molecule has 15 heteroatoms. The maximum atomic E-state index is 14.0. The number of nitrogens with two attached hydrogens (primary N) is 1. The van der Waals surface area contributed by atoms with Crippen LogP contribution in [0.25, 0.3) is 0 Å². The average molecular weight is 592 g/mol. The highest BCUT2D eigenvalue weighted by Crippen LogP contribution is 2.40. The number of carbonyl (C=O) groups excluding carboxylic acids is 1. The van der Waals surface area contributed by atoms with Crippen molar-refractivity contribution in [2.75, 3.05) is 32.1 Å². The van der Waals surface area contributed by atoms with E-state index in [-0.39, 0.29) is 43.1 Å². The Morgan fingerprint density at radius 2 is 1.50 bits per heavy atom. The van der Waals surface area contributed by atoms with E-state index < -0.39 is 57.1 Å². The molecular weight excluding hydrogens is 559 g/mol. The molecule has 222 valence electrons. The highest BCUT2D eigenvalue weighted by Gasteiger charge is 2.45. The molecule has 2 bridgehead atoms. The Kier molecular flexibility index (Phi) is 10.7. The van der Waals surface area contributed by atoms with Gasteiger partial charge in [-0.3, -0.25) is 4.79 Å². The highest BCUT2D eigenvalue weighted by molar-refractivity contribution is 7.89. The van der Waals surface area contributed by atoms with Gasteiger partial charge in [0.1, 0.15) is 11.6 Å². The fourth-order valence-electron chi connectivity index (χ4n) is 5.41. The second-order valence-electron chi connectivity index (χ2n) is 9.92. The van der Waals surface area contributed by atoms with E-state index in [1.165, 1.54) is 4.31 Å². The number of hydrogen-bond acceptors (Lipinski definition) is 7. The molecule has 0 spiro atoms. The van der Waals surface area contributed by atoms with Crippen LogP contribution in [-0.4, -0.2) is 95.9 Å². The number of ether oxygens (including phenoxy) is 1. The number of halogens is 3. The van der Waals surface area contributed by atoms with Crippen molar-refractivity contribution < 1.29 is 50.9 Å². The SMILES string of the molecule is N[C@H](Cc1cc(F)c(F)cc1F)C1C[C@H]2CC[C@@H](C1)N2C(=O)CS(=O)(=O)N1CCOCC1.O=C(O)/C=C\C(=O)O. The molecule has 3 heterocycles. The Morgan fingerprint density at radius 3 is 2.02 bits per heavy atom. The number of morpholine rings is 1. The predicted octanol–water partition coefficient (Wildman–Crippen LogP) is 1.12. The van der Waals surface area contributed by atoms with Gasteiger partial charge in [0.05, 0.1) is 13.2 Å². The van der Waals surface area contributed by atoms with Crippen molar-refractivity contribution in [2.45, 2.75) is 50.2 Å². The summed E-state index contributed by atoms with van der Waals surface area (Å²) in [4.78, 5) is 33.7. The normalized spacial score (nSPS) is 23.9. The van der Waals surface area contributed by atoms with E-state index in [4.69, 9.17) is 20.7 Å². The molecule has 3 aliphatic rings. The van der Waals surface area contributed by atoms with Gasteiger partial charge in [-0.15, -0.1) is 0 Å². The van der Waals surface area contributed by atoms with Gasteiger partial charge >= 0.3 is 11.9 Å². The minimum Gasteiger partial charge on any atom is -0.478 e. The third-order valence-corrected chi connectivity index (χ3v) is 9.01. The monoisotopic (exact) mass is 591 g/mol. The molecule has 1 unspecified atom stereocenters. The highest BCUT2D eigenvalue weighted by atomic mass is 32.2. The molecule has 3 aliphatic heterocycles. The first-order chi connectivity index (χ1) is 18.8. The zero-order chi connectivity index (χ0) is 29.6. The third kappa shape index (κ3) is 8.25. The summed E-state index contributed by atoms with van der Waals surface area (Å²) in [6.07, 6.45) is 3.85. The number of carboxylic acids is 2. The Hall–Kier alpha value is -3.01. The van der Waals surface area contributed by atoms with E-state index in [1.54, 1.807) is 4.90 Å². The Balaban J connectivity index is 0.000000482. The van der Waals surface area contributed by atoms with Crippen molar-refractivity contribution in [3.05, 3.63) is 47.3 Å². The lowest BCUT2D eigenvalue weighted by Gasteiger charge is -2.41. The van der Waals surface area contributed by atoms with Gasteiger partial charge in [-0.25, -0.2) is 31.2 Å². The molecule has 4 atom stereocenters. The van der Waals surface area contributed by atoms with E-state index in [9.17, 15) is 36.0 Å². The molecule has 4 N–H and O–H groups in total. The molecular formula is C25H32F3N3O8S. The lowest BCUT2D eigenvalue weighted by molar-refractivity contribution is -0.134. The van der Waals surface area contributed by atoms with Crippen LogP contribution in [0.5, 0.6) is 0 Å². The summed E-state index contributed by atoms with van der Waals surface area (Å²) in [6, 6.07) is 0.650. The van der Waals surface area contributed by atoms with Crippen LogP contribution in [0.1, 0.15) is 31.2 Å². The summed E-state index contributed by atoms with van der Waals surface area (Å²) in [6.45, 7) is 1.14. The number of nitrogens with zero attached hydrogens (tertiary/aromatic N) is 2. The van der Waals surface area contributed by atoms with Crippen LogP contribution < -0.4 is 5.73 Å². The summed E-state index contributed by atoms with van der Waals surface area (Å²) >= 11 is 0. The molecule has 4 rings (SSSR count). The summed E-state index contributed by atoms with van der Waals surface area (Å²) in [5, 5.41) is 15.6. The van der Waals surface area contributed by atoms with Gasteiger partial charge in [-0.1, -0.05) is 0 Å². The van der Waals surface area contributed by atoms with E-state index >= 15 is 0 Å². The molecule has 1 aromatic rings. The molecule has 11 nitrogen and oxygen atoms in total. The summed E-state index contributed by atoms with van der Waals surface area (Å²) < 4.78 is 72.5. The maximum absolute atomic E-state index is 14.0. The van der Waals surface area contributed by atoms with Gasteiger partial charge in [0.2, 0.25) is 15.9 Å². The van der Waals surface area contributed by atoms with Gasteiger partial charge in [-0.2, -0.15) is 4.31 Å². The molecule has 40 heavy (non-hydrogen) atoms. The third-order valence-electron chi connectivity index (χ3n) is 7.25. The van der Waals surface area contributed by atoms with Crippen LogP contribution in [0.3, 0.4) is 0 Å². The lowest BCUT2D eigenvalue weighted by atomic mass is 9.82. The molecule has 3 saturated heterocycles. The van der Waals surface area contributed by atoms with Crippen molar-refractivity contribution >= 4 is 27.9 Å². The zero-order valence-corrected chi connectivity index (χ0v) is 22.4. The van der Waals surface area contributed by atoms with Crippen molar-refractivity contribution in [3.8, 4) is 0 Å². The number of sulfonamides is 1. The van der Waals surface area contributed by atoms with Gasteiger partial charge in [0.25, 0.3) is 0 Å². The van der Waals surface area contributed by atoms with Gasteiger partial charge in [-0.05, 0) is 49.7 Å². The largest absolute Gasteiger partial charge is 0.478 e. The molecule has 0 aliphatic carbocycles. The smallest absolute Gasteiger partial charge is 0.328 e. The molecule has 1 aromatic carbocycles. The number of rotatable bonds is 8. The predicted molar refractivity (Wildman–Crippen MR) is 135 cm³/mol. The summed E-state index contributed by atoms with van der Waals surface area (Å²) in [5.41, 5.74) is 6.34. The minimum absolute atomic E-state index is 0.0267. The number of fused-ring (bicyclic) bond motifs is 2. The topological polar surface area (TPSA) is 168 Å². The Bertz CT molecular complexity index is 1210. The van der Waals surface area contributed by atoms with E-state index in [0.29, 0.717) is 44.3 Å². The second kappa shape index (κ2) is 13.6. The first-order valence-electron chi connectivity index (χ1n) is 12.7.